The second kappa shape index (κ2) is 10.6. The smallest absolute Gasteiger partial charge is 0.337 e. The summed E-state index contributed by atoms with van der Waals surface area (Å²) in [6.07, 6.45) is 11.3. The number of ether oxygens (including phenoxy) is 2. The summed E-state index contributed by atoms with van der Waals surface area (Å²) in [5, 5.41) is 0. The van der Waals surface area contributed by atoms with Gasteiger partial charge in [0.05, 0.1) is 17.5 Å². The maximum absolute atomic E-state index is 13.0. The van der Waals surface area contributed by atoms with E-state index in [9.17, 15) is 4.79 Å². The molecule has 1 saturated carbocycles. The molecule has 6 nitrogen and oxygen atoms in total. The van der Waals surface area contributed by atoms with Gasteiger partial charge in [0.15, 0.2) is 0 Å². The Morgan fingerprint density at radius 2 is 1.34 bits per heavy atom. The standard InChI is InChI=1S/C26H33N3O3/c1-27(2)19-20-31-23-13-9-21(10-14-23)28-17-18-29(26(28)30)22-11-15-25(16-12-22)32-24-7-5-3-4-6-8-24/h9-18,24H,3-8,19-20H2,1-2H3. The lowest BCUT2D eigenvalue weighted by atomic mass is 10.1. The van der Waals surface area contributed by atoms with Crippen LogP contribution < -0.4 is 15.2 Å². The Bertz CT molecular complexity index is 1030. The van der Waals surface area contributed by atoms with Gasteiger partial charge in [-0.05, 0) is 88.3 Å². The van der Waals surface area contributed by atoms with Gasteiger partial charge in [-0.25, -0.2) is 4.79 Å². The Labute approximate surface area is 190 Å². The zero-order chi connectivity index (χ0) is 22.3. The van der Waals surface area contributed by atoms with E-state index in [2.05, 4.69) is 4.90 Å². The lowest BCUT2D eigenvalue weighted by Gasteiger charge is -2.17. The Hall–Kier alpha value is -2.99. The fourth-order valence-corrected chi connectivity index (χ4v) is 4.06. The lowest BCUT2D eigenvalue weighted by molar-refractivity contribution is 0.184. The zero-order valence-corrected chi connectivity index (χ0v) is 19.1. The molecule has 1 aromatic heterocycles. The summed E-state index contributed by atoms with van der Waals surface area (Å²) in [4.78, 5) is 15.1. The van der Waals surface area contributed by atoms with Gasteiger partial charge in [-0.15, -0.1) is 0 Å². The van der Waals surface area contributed by atoms with Crippen LogP contribution in [0.3, 0.4) is 0 Å². The van der Waals surface area contributed by atoms with Crippen molar-refractivity contribution in [2.75, 3.05) is 27.2 Å². The van der Waals surface area contributed by atoms with Crippen molar-refractivity contribution in [1.82, 2.24) is 14.0 Å². The first-order valence-electron chi connectivity index (χ1n) is 11.6. The minimum atomic E-state index is -0.108. The van der Waals surface area contributed by atoms with Gasteiger partial charge in [-0.1, -0.05) is 12.8 Å². The van der Waals surface area contributed by atoms with Crippen LogP contribution in [0.4, 0.5) is 0 Å². The molecule has 6 heteroatoms. The summed E-state index contributed by atoms with van der Waals surface area (Å²) in [6, 6.07) is 15.4. The minimum Gasteiger partial charge on any atom is -0.492 e. The minimum absolute atomic E-state index is 0.108. The molecule has 0 saturated heterocycles. The number of nitrogens with zero attached hydrogens (tertiary/aromatic N) is 3. The number of aromatic nitrogens is 2. The Morgan fingerprint density at radius 1 is 0.812 bits per heavy atom. The van der Waals surface area contributed by atoms with Crippen LogP contribution in [-0.2, 0) is 0 Å². The van der Waals surface area contributed by atoms with Crippen LogP contribution in [0, 0.1) is 0 Å². The Morgan fingerprint density at radius 3 is 1.88 bits per heavy atom. The van der Waals surface area contributed by atoms with Gasteiger partial charge >= 0.3 is 5.69 Å². The highest BCUT2D eigenvalue weighted by molar-refractivity contribution is 5.40. The SMILES string of the molecule is CN(C)CCOc1ccc(-n2ccn(-c3ccc(OC4CCCCCC4)cc3)c2=O)cc1. The quantitative estimate of drug-likeness (QED) is 0.483. The second-order valence-electron chi connectivity index (χ2n) is 8.69. The summed E-state index contributed by atoms with van der Waals surface area (Å²) in [5.41, 5.74) is 1.52. The zero-order valence-electron chi connectivity index (χ0n) is 19.1. The molecule has 3 aromatic rings. The van der Waals surface area contributed by atoms with E-state index in [-0.39, 0.29) is 5.69 Å². The molecule has 0 amide bonds. The first-order valence-corrected chi connectivity index (χ1v) is 11.6. The molecule has 32 heavy (non-hydrogen) atoms. The number of likely N-dealkylation sites (N-methyl/N-ethyl adjacent to an activating group) is 1. The summed E-state index contributed by atoms with van der Waals surface area (Å²) in [6.45, 7) is 1.48. The molecule has 1 aliphatic rings. The fraction of sp³-hybridized carbons (Fsp3) is 0.423. The molecule has 1 fully saturated rings. The van der Waals surface area contributed by atoms with Gasteiger partial charge in [0.2, 0.25) is 0 Å². The van der Waals surface area contributed by atoms with E-state index in [4.69, 9.17) is 9.47 Å². The molecule has 2 aromatic carbocycles. The lowest BCUT2D eigenvalue weighted by Crippen LogP contribution is -2.21. The summed E-state index contributed by atoms with van der Waals surface area (Å²) < 4.78 is 15.2. The number of imidazole rings is 1. The van der Waals surface area contributed by atoms with E-state index in [0.29, 0.717) is 12.7 Å². The molecule has 0 atom stereocenters. The third-order valence-electron chi connectivity index (χ3n) is 5.92. The van der Waals surface area contributed by atoms with Crippen LogP contribution in [0.15, 0.2) is 65.7 Å². The van der Waals surface area contributed by atoms with Crippen LogP contribution in [0.5, 0.6) is 11.5 Å². The second-order valence-corrected chi connectivity index (χ2v) is 8.69. The van der Waals surface area contributed by atoms with Crippen LogP contribution in [-0.4, -0.2) is 47.4 Å². The highest BCUT2D eigenvalue weighted by Gasteiger charge is 2.14. The van der Waals surface area contributed by atoms with Crippen LogP contribution >= 0.6 is 0 Å². The average molecular weight is 436 g/mol. The highest BCUT2D eigenvalue weighted by Crippen LogP contribution is 2.23. The molecule has 0 spiro atoms. The van der Waals surface area contributed by atoms with E-state index in [1.807, 2.05) is 62.6 Å². The Kier molecular flexibility index (Phi) is 7.32. The van der Waals surface area contributed by atoms with Crippen molar-refractivity contribution in [3.63, 3.8) is 0 Å². The molecule has 4 rings (SSSR count). The van der Waals surface area contributed by atoms with Crippen molar-refractivity contribution in [2.24, 2.45) is 0 Å². The molecular formula is C26H33N3O3. The number of rotatable bonds is 8. The van der Waals surface area contributed by atoms with Crippen LogP contribution in [0.25, 0.3) is 11.4 Å². The van der Waals surface area contributed by atoms with Crippen LogP contribution in [0.2, 0.25) is 0 Å². The molecular weight excluding hydrogens is 402 g/mol. The van der Waals surface area contributed by atoms with Crippen molar-refractivity contribution in [3.05, 3.63) is 71.4 Å². The van der Waals surface area contributed by atoms with Crippen LogP contribution in [0.1, 0.15) is 38.5 Å². The molecule has 0 unspecified atom stereocenters. The monoisotopic (exact) mass is 435 g/mol. The van der Waals surface area contributed by atoms with Gasteiger partial charge < -0.3 is 14.4 Å². The van der Waals surface area contributed by atoms with Gasteiger partial charge in [-0.2, -0.15) is 0 Å². The maximum Gasteiger partial charge on any atom is 0.337 e. The average Bonchev–Trinajstić information content (AvgIpc) is 2.99. The summed E-state index contributed by atoms with van der Waals surface area (Å²) in [7, 11) is 4.03. The molecule has 0 radical (unpaired) electrons. The first kappa shape index (κ1) is 22.2. The number of benzene rings is 2. The van der Waals surface area contributed by atoms with Crippen molar-refractivity contribution in [2.45, 2.75) is 44.6 Å². The Balaban J connectivity index is 1.42. The topological polar surface area (TPSA) is 48.6 Å². The highest BCUT2D eigenvalue weighted by atomic mass is 16.5. The van der Waals surface area contributed by atoms with Crippen molar-refractivity contribution < 1.29 is 9.47 Å². The van der Waals surface area contributed by atoms with Gasteiger partial charge in [0.25, 0.3) is 0 Å². The number of hydrogen-bond acceptors (Lipinski definition) is 4. The van der Waals surface area contributed by atoms with E-state index in [0.717, 1.165) is 42.3 Å². The first-order chi connectivity index (χ1) is 15.6. The maximum atomic E-state index is 13.0. The largest absolute Gasteiger partial charge is 0.492 e. The molecule has 0 bridgehead atoms. The van der Waals surface area contributed by atoms with E-state index < -0.39 is 0 Å². The fourth-order valence-electron chi connectivity index (χ4n) is 4.06. The summed E-state index contributed by atoms with van der Waals surface area (Å²) in [5.74, 6) is 1.67. The molecule has 170 valence electrons. The van der Waals surface area contributed by atoms with Gasteiger partial charge in [-0.3, -0.25) is 9.13 Å². The summed E-state index contributed by atoms with van der Waals surface area (Å²) >= 11 is 0. The number of hydrogen-bond donors (Lipinski definition) is 0. The van der Waals surface area contributed by atoms with Gasteiger partial charge in [0, 0.05) is 18.9 Å². The van der Waals surface area contributed by atoms with Crippen molar-refractivity contribution in [1.29, 1.82) is 0 Å². The predicted octanol–water partition coefficient (Wildman–Crippen LogP) is 4.67. The molecule has 0 N–H and O–H groups in total. The van der Waals surface area contributed by atoms with Crippen molar-refractivity contribution >= 4 is 0 Å². The molecule has 0 aliphatic heterocycles. The third kappa shape index (κ3) is 5.62. The van der Waals surface area contributed by atoms with Gasteiger partial charge in [0.1, 0.15) is 18.1 Å². The normalized spacial score (nSPS) is 15.0. The predicted molar refractivity (Wildman–Crippen MR) is 128 cm³/mol. The van der Waals surface area contributed by atoms with E-state index >= 15 is 0 Å². The van der Waals surface area contributed by atoms with E-state index in [1.165, 1.54) is 25.7 Å². The third-order valence-corrected chi connectivity index (χ3v) is 5.92. The van der Waals surface area contributed by atoms with Crippen molar-refractivity contribution in [3.8, 4) is 22.9 Å². The molecule has 1 aliphatic carbocycles. The van der Waals surface area contributed by atoms with E-state index in [1.54, 1.807) is 21.5 Å². The molecule has 1 heterocycles.